The number of rotatable bonds is 5. The lowest BCUT2D eigenvalue weighted by atomic mass is 10.2. The molecule has 1 N–H and O–H groups in total. The number of nitrogens with one attached hydrogen (secondary N) is 1. The number of hydrogen-bond donors (Lipinski definition) is 1. The second-order valence-electron chi connectivity index (χ2n) is 6.38. The van der Waals surface area contributed by atoms with Crippen molar-refractivity contribution in [3.8, 4) is 0 Å². The number of anilines is 2. The molecule has 27 heavy (non-hydrogen) atoms. The molecule has 0 radical (unpaired) electrons. The van der Waals surface area contributed by atoms with Crippen LogP contribution in [0.5, 0.6) is 0 Å². The largest absolute Gasteiger partial charge is 0.375 e. The average Bonchev–Trinajstić information content (AvgIpc) is 2.96. The first-order valence-electron chi connectivity index (χ1n) is 9.01. The molecule has 7 nitrogen and oxygen atoms in total. The Morgan fingerprint density at radius 1 is 1.07 bits per heavy atom. The maximum absolute atomic E-state index is 12.2. The maximum Gasteiger partial charge on any atom is 0.255 e. The summed E-state index contributed by atoms with van der Waals surface area (Å²) in [5.41, 5.74) is 1.26. The van der Waals surface area contributed by atoms with Crippen LogP contribution in [0, 0.1) is 0 Å². The molecule has 0 saturated carbocycles. The van der Waals surface area contributed by atoms with Gasteiger partial charge in [-0.15, -0.1) is 0 Å². The molecule has 3 rings (SSSR count). The van der Waals surface area contributed by atoms with Gasteiger partial charge in [0, 0.05) is 38.9 Å². The fourth-order valence-corrected chi connectivity index (χ4v) is 3.05. The van der Waals surface area contributed by atoms with E-state index in [0.717, 1.165) is 31.9 Å². The number of benzene rings is 1. The zero-order valence-corrected chi connectivity index (χ0v) is 15.4. The average molecular weight is 368 g/mol. The summed E-state index contributed by atoms with van der Waals surface area (Å²) in [4.78, 5) is 32.7. The van der Waals surface area contributed by atoms with Crippen LogP contribution in [-0.2, 0) is 9.53 Å². The first kappa shape index (κ1) is 18.8. The molecule has 1 saturated heterocycles. The van der Waals surface area contributed by atoms with E-state index in [0.29, 0.717) is 17.8 Å². The van der Waals surface area contributed by atoms with Gasteiger partial charge in [-0.05, 0) is 30.7 Å². The normalized spacial score (nSPS) is 14.6. The zero-order valence-electron chi connectivity index (χ0n) is 15.4. The molecule has 2 amide bonds. The van der Waals surface area contributed by atoms with E-state index in [9.17, 15) is 9.59 Å². The van der Waals surface area contributed by atoms with Crippen molar-refractivity contribution >= 4 is 23.3 Å². The molecule has 0 unspecified atom stereocenters. The maximum atomic E-state index is 12.2. The molecule has 7 heteroatoms. The number of hydrogen-bond acceptors (Lipinski definition) is 5. The summed E-state index contributed by atoms with van der Waals surface area (Å²) in [5.74, 6) is 0.701. The molecule has 1 aliphatic heterocycles. The van der Waals surface area contributed by atoms with Crippen molar-refractivity contribution < 1.29 is 14.3 Å². The van der Waals surface area contributed by atoms with Gasteiger partial charge in [0.05, 0.1) is 11.9 Å². The third-order valence-corrected chi connectivity index (χ3v) is 4.48. The van der Waals surface area contributed by atoms with Gasteiger partial charge in [-0.1, -0.05) is 18.2 Å². The van der Waals surface area contributed by atoms with E-state index in [1.807, 2.05) is 35.2 Å². The van der Waals surface area contributed by atoms with Crippen LogP contribution in [0.1, 0.15) is 16.8 Å². The van der Waals surface area contributed by atoms with E-state index >= 15 is 0 Å². The second-order valence-corrected chi connectivity index (χ2v) is 6.38. The first-order valence-corrected chi connectivity index (χ1v) is 9.01. The van der Waals surface area contributed by atoms with Gasteiger partial charge in [-0.2, -0.15) is 0 Å². The molecule has 0 atom stereocenters. The van der Waals surface area contributed by atoms with E-state index in [1.54, 1.807) is 18.3 Å². The minimum absolute atomic E-state index is 0.0197. The summed E-state index contributed by atoms with van der Waals surface area (Å²) >= 11 is 0. The van der Waals surface area contributed by atoms with Crippen molar-refractivity contribution in [3.63, 3.8) is 0 Å². The lowest BCUT2D eigenvalue weighted by Crippen LogP contribution is -2.37. The van der Waals surface area contributed by atoms with Gasteiger partial charge in [0.15, 0.2) is 0 Å². The Morgan fingerprint density at radius 2 is 1.89 bits per heavy atom. The molecule has 1 aromatic carbocycles. The smallest absolute Gasteiger partial charge is 0.255 e. The SMILES string of the molecule is COCC(=O)N1CCCN(c2ccc(NC(=O)c3ccccc3)cn2)CC1. The number of amides is 2. The first-order chi connectivity index (χ1) is 13.2. The van der Waals surface area contributed by atoms with Gasteiger partial charge < -0.3 is 19.9 Å². The van der Waals surface area contributed by atoms with Crippen molar-refractivity contribution in [2.75, 3.05) is 50.1 Å². The Hall–Kier alpha value is -2.93. The minimum Gasteiger partial charge on any atom is -0.375 e. The standard InChI is InChI=1S/C20H24N4O3/c1-27-15-19(25)24-11-5-10-23(12-13-24)18-9-8-17(14-21-18)22-20(26)16-6-3-2-4-7-16/h2-4,6-9,14H,5,10-13,15H2,1H3,(H,22,26). The van der Waals surface area contributed by atoms with E-state index in [-0.39, 0.29) is 18.4 Å². The molecule has 1 aliphatic rings. The summed E-state index contributed by atoms with van der Waals surface area (Å²) in [6.07, 6.45) is 2.54. The predicted molar refractivity (Wildman–Crippen MR) is 104 cm³/mol. The van der Waals surface area contributed by atoms with Gasteiger partial charge >= 0.3 is 0 Å². The Labute approximate surface area is 158 Å². The molecule has 1 fully saturated rings. The highest BCUT2D eigenvalue weighted by Crippen LogP contribution is 2.17. The number of nitrogens with zero attached hydrogens (tertiary/aromatic N) is 3. The Bertz CT molecular complexity index is 765. The fourth-order valence-electron chi connectivity index (χ4n) is 3.05. The number of carbonyl (C=O) groups excluding carboxylic acids is 2. The van der Waals surface area contributed by atoms with Crippen LogP contribution >= 0.6 is 0 Å². The van der Waals surface area contributed by atoms with Gasteiger partial charge in [-0.3, -0.25) is 9.59 Å². The van der Waals surface area contributed by atoms with Crippen molar-refractivity contribution in [2.45, 2.75) is 6.42 Å². The van der Waals surface area contributed by atoms with Crippen LogP contribution in [0.4, 0.5) is 11.5 Å². The van der Waals surface area contributed by atoms with Crippen LogP contribution in [0.25, 0.3) is 0 Å². The van der Waals surface area contributed by atoms with Crippen LogP contribution in [0.3, 0.4) is 0 Å². The van der Waals surface area contributed by atoms with Gasteiger partial charge in [0.2, 0.25) is 5.91 Å². The highest BCUT2D eigenvalue weighted by Gasteiger charge is 2.19. The van der Waals surface area contributed by atoms with Crippen molar-refractivity contribution in [2.24, 2.45) is 0 Å². The Kier molecular flexibility index (Phi) is 6.38. The molecule has 142 valence electrons. The summed E-state index contributed by atoms with van der Waals surface area (Å²) in [5, 5.41) is 2.85. The van der Waals surface area contributed by atoms with Crippen LogP contribution in [0.15, 0.2) is 48.7 Å². The molecule has 2 aromatic rings. The lowest BCUT2D eigenvalue weighted by Gasteiger charge is -2.23. The number of ether oxygens (including phenoxy) is 1. The van der Waals surface area contributed by atoms with Crippen molar-refractivity contribution in [1.29, 1.82) is 0 Å². The van der Waals surface area contributed by atoms with E-state index in [4.69, 9.17) is 4.74 Å². The minimum atomic E-state index is -0.160. The summed E-state index contributed by atoms with van der Waals surface area (Å²) in [6.45, 7) is 3.05. The number of methoxy groups -OCH3 is 1. The molecular weight excluding hydrogens is 344 g/mol. The Morgan fingerprint density at radius 3 is 2.59 bits per heavy atom. The van der Waals surface area contributed by atoms with Crippen LogP contribution < -0.4 is 10.2 Å². The van der Waals surface area contributed by atoms with Crippen LogP contribution in [0.2, 0.25) is 0 Å². The molecule has 0 bridgehead atoms. The monoisotopic (exact) mass is 368 g/mol. The molecule has 2 heterocycles. The fraction of sp³-hybridized carbons (Fsp3) is 0.350. The molecule has 0 spiro atoms. The third kappa shape index (κ3) is 5.04. The Balaban J connectivity index is 1.58. The van der Waals surface area contributed by atoms with Gasteiger partial charge in [0.1, 0.15) is 12.4 Å². The summed E-state index contributed by atoms with van der Waals surface area (Å²) in [7, 11) is 1.53. The molecule has 0 aliphatic carbocycles. The molecule has 1 aromatic heterocycles. The highest BCUT2D eigenvalue weighted by atomic mass is 16.5. The predicted octanol–water partition coefficient (Wildman–Crippen LogP) is 2.02. The lowest BCUT2D eigenvalue weighted by molar-refractivity contribution is -0.134. The zero-order chi connectivity index (χ0) is 19.1. The molecular formula is C20H24N4O3. The van der Waals surface area contributed by atoms with Crippen molar-refractivity contribution in [1.82, 2.24) is 9.88 Å². The van der Waals surface area contributed by atoms with Crippen molar-refractivity contribution in [3.05, 3.63) is 54.2 Å². The summed E-state index contributed by atoms with van der Waals surface area (Å²) in [6, 6.07) is 12.8. The summed E-state index contributed by atoms with van der Waals surface area (Å²) < 4.78 is 4.93. The number of carbonyl (C=O) groups is 2. The second kappa shape index (κ2) is 9.14. The van der Waals surface area contributed by atoms with E-state index in [1.165, 1.54) is 7.11 Å². The number of pyridine rings is 1. The van der Waals surface area contributed by atoms with Crippen LogP contribution in [-0.4, -0.2) is 61.6 Å². The van der Waals surface area contributed by atoms with E-state index < -0.39 is 0 Å². The topological polar surface area (TPSA) is 74.8 Å². The van der Waals surface area contributed by atoms with Gasteiger partial charge in [0.25, 0.3) is 5.91 Å². The third-order valence-electron chi connectivity index (χ3n) is 4.48. The number of aromatic nitrogens is 1. The van der Waals surface area contributed by atoms with Gasteiger partial charge in [-0.25, -0.2) is 4.98 Å². The highest BCUT2D eigenvalue weighted by molar-refractivity contribution is 6.04. The quantitative estimate of drug-likeness (QED) is 0.874. The van der Waals surface area contributed by atoms with E-state index in [2.05, 4.69) is 15.2 Å².